The van der Waals surface area contributed by atoms with Gasteiger partial charge in [0.15, 0.2) is 0 Å². The highest BCUT2D eigenvalue weighted by Crippen LogP contribution is 2.21. The van der Waals surface area contributed by atoms with E-state index in [1.807, 2.05) is 12.1 Å². The summed E-state index contributed by atoms with van der Waals surface area (Å²) < 4.78 is 5.32. The van der Waals surface area contributed by atoms with Crippen molar-refractivity contribution < 1.29 is 4.74 Å². The Labute approximate surface area is 143 Å². The van der Waals surface area contributed by atoms with E-state index in [1.165, 1.54) is 18.3 Å². The standard InChI is InChI=1S/C18H25N5O/c1-3-20-18(19-2)21-15-5-7-16(8-6-15)22-9-4-10-23(12-11-22)17-13-24-14-17/h3,5-8,17H,1-2,4,9-14H2,(H,20,21). The molecule has 128 valence electrons. The molecule has 2 heterocycles. The van der Waals surface area contributed by atoms with Crippen molar-refractivity contribution in [3.63, 3.8) is 0 Å². The molecule has 2 aliphatic heterocycles. The van der Waals surface area contributed by atoms with Gasteiger partial charge in [0.2, 0.25) is 5.96 Å². The molecule has 2 saturated heterocycles. The van der Waals surface area contributed by atoms with Crippen LogP contribution in [0.3, 0.4) is 0 Å². The smallest absolute Gasteiger partial charge is 0.226 e. The van der Waals surface area contributed by atoms with Gasteiger partial charge in [0.1, 0.15) is 0 Å². The Kier molecular flexibility index (Phi) is 5.61. The van der Waals surface area contributed by atoms with Gasteiger partial charge in [-0.05, 0) is 37.4 Å². The van der Waals surface area contributed by atoms with E-state index in [-0.39, 0.29) is 0 Å². The summed E-state index contributed by atoms with van der Waals surface area (Å²) in [6.07, 6.45) is 2.63. The minimum Gasteiger partial charge on any atom is -0.378 e. The van der Waals surface area contributed by atoms with Crippen LogP contribution in [0.4, 0.5) is 11.4 Å². The second-order valence-corrected chi connectivity index (χ2v) is 6.03. The maximum atomic E-state index is 5.32. The highest BCUT2D eigenvalue weighted by molar-refractivity contribution is 5.96. The van der Waals surface area contributed by atoms with E-state index in [1.54, 1.807) is 0 Å². The summed E-state index contributed by atoms with van der Waals surface area (Å²) >= 11 is 0. The van der Waals surface area contributed by atoms with Crippen LogP contribution in [0.1, 0.15) is 6.42 Å². The molecule has 6 heteroatoms. The van der Waals surface area contributed by atoms with Gasteiger partial charge in [-0.3, -0.25) is 4.90 Å². The maximum absolute atomic E-state index is 5.32. The van der Waals surface area contributed by atoms with Crippen LogP contribution in [-0.4, -0.2) is 63.0 Å². The van der Waals surface area contributed by atoms with E-state index >= 15 is 0 Å². The maximum Gasteiger partial charge on any atom is 0.226 e. The molecule has 24 heavy (non-hydrogen) atoms. The molecule has 1 aromatic rings. The molecular formula is C18H25N5O. The first-order chi connectivity index (χ1) is 11.8. The summed E-state index contributed by atoms with van der Waals surface area (Å²) in [6, 6.07) is 8.99. The highest BCUT2D eigenvalue weighted by Gasteiger charge is 2.27. The summed E-state index contributed by atoms with van der Waals surface area (Å²) in [5.74, 6) is 0.450. The molecule has 6 nitrogen and oxygen atoms in total. The molecular weight excluding hydrogens is 302 g/mol. The zero-order valence-corrected chi connectivity index (χ0v) is 14.0. The fourth-order valence-electron chi connectivity index (χ4n) is 3.08. The van der Waals surface area contributed by atoms with Crippen molar-refractivity contribution >= 4 is 24.1 Å². The number of hydrogen-bond donors (Lipinski definition) is 1. The van der Waals surface area contributed by atoms with Gasteiger partial charge in [0.25, 0.3) is 0 Å². The Balaban J connectivity index is 1.59. The molecule has 0 amide bonds. The molecule has 2 aliphatic rings. The lowest BCUT2D eigenvalue weighted by Gasteiger charge is -2.36. The van der Waals surface area contributed by atoms with Crippen LogP contribution in [0, 0.1) is 0 Å². The monoisotopic (exact) mass is 327 g/mol. The van der Waals surface area contributed by atoms with Crippen molar-refractivity contribution in [1.82, 2.24) is 4.90 Å². The normalized spacial score (nSPS) is 20.2. The minimum atomic E-state index is 0.450. The number of rotatable bonds is 4. The molecule has 0 aliphatic carbocycles. The summed E-state index contributed by atoms with van der Waals surface area (Å²) in [5, 5.41) is 3.12. The van der Waals surface area contributed by atoms with Crippen LogP contribution in [0.25, 0.3) is 0 Å². The number of benzene rings is 1. The van der Waals surface area contributed by atoms with Gasteiger partial charge >= 0.3 is 0 Å². The summed E-state index contributed by atoms with van der Waals surface area (Å²) in [6.45, 7) is 13.3. The minimum absolute atomic E-state index is 0.450. The van der Waals surface area contributed by atoms with Gasteiger partial charge in [-0.1, -0.05) is 6.58 Å². The first-order valence-corrected chi connectivity index (χ1v) is 8.39. The number of nitrogens with zero attached hydrogens (tertiary/aromatic N) is 4. The fourth-order valence-corrected chi connectivity index (χ4v) is 3.08. The summed E-state index contributed by atoms with van der Waals surface area (Å²) in [7, 11) is 0. The van der Waals surface area contributed by atoms with E-state index in [2.05, 4.69) is 50.5 Å². The predicted octanol–water partition coefficient (Wildman–Crippen LogP) is 2.21. The lowest BCUT2D eigenvalue weighted by Crippen LogP contribution is -2.50. The Morgan fingerprint density at radius 1 is 1.17 bits per heavy atom. The van der Waals surface area contributed by atoms with Crippen molar-refractivity contribution in [3.05, 3.63) is 37.0 Å². The predicted molar refractivity (Wildman–Crippen MR) is 100 cm³/mol. The molecule has 0 saturated carbocycles. The first kappa shape index (κ1) is 16.7. The van der Waals surface area contributed by atoms with Crippen LogP contribution in [-0.2, 0) is 4.74 Å². The van der Waals surface area contributed by atoms with Crippen LogP contribution in [0.5, 0.6) is 0 Å². The second kappa shape index (κ2) is 8.08. The molecule has 0 aromatic heterocycles. The topological polar surface area (TPSA) is 52.5 Å². The van der Waals surface area contributed by atoms with Crippen molar-refractivity contribution in [1.29, 1.82) is 0 Å². The van der Waals surface area contributed by atoms with Gasteiger partial charge in [0, 0.05) is 43.8 Å². The number of hydrogen-bond acceptors (Lipinski definition) is 4. The van der Waals surface area contributed by atoms with Gasteiger partial charge in [-0.15, -0.1) is 0 Å². The van der Waals surface area contributed by atoms with Crippen LogP contribution in [0.15, 0.2) is 47.0 Å². The van der Waals surface area contributed by atoms with Crippen molar-refractivity contribution in [2.75, 3.05) is 49.6 Å². The Hall–Kier alpha value is -2.18. The molecule has 0 spiro atoms. The van der Waals surface area contributed by atoms with Gasteiger partial charge in [0.05, 0.1) is 19.3 Å². The van der Waals surface area contributed by atoms with Crippen molar-refractivity contribution in [2.24, 2.45) is 9.98 Å². The third-order valence-corrected chi connectivity index (χ3v) is 4.52. The molecule has 3 rings (SSSR count). The average Bonchev–Trinajstić information content (AvgIpc) is 2.80. The van der Waals surface area contributed by atoms with Crippen LogP contribution < -0.4 is 10.2 Å². The van der Waals surface area contributed by atoms with Crippen molar-refractivity contribution in [2.45, 2.75) is 12.5 Å². The van der Waals surface area contributed by atoms with Gasteiger partial charge < -0.3 is 15.0 Å². The molecule has 1 N–H and O–H groups in total. The number of nitrogens with one attached hydrogen (secondary N) is 1. The second-order valence-electron chi connectivity index (χ2n) is 6.03. The van der Waals surface area contributed by atoms with E-state index < -0.39 is 0 Å². The highest BCUT2D eigenvalue weighted by atomic mass is 16.5. The zero-order chi connectivity index (χ0) is 16.8. The fraction of sp³-hybridized carbons (Fsp3) is 0.444. The molecule has 0 radical (unpaired) electrons. The third kappa shape index (κ3) is 4.01. The third-order valence-electron chi connectivity index (χ3n) is 4.52. The van der Waals surface area contributed by atoms with E-state index in [0.29, 0.717) is 12.0 Å². The van der Waals surface area contributed by atoms with Gasteiger partial charge in [-0.25, -0.2) is 9.98 Å². The van der Waals surface area contributed by atoms with Crippen molar-refractivity contribution in [3.8, 4) is 0 Å². The summed E-state index contributed by atoms with van der Waals surface area (Å²) in [4.78, 5) is 12.9. The molecule has 2 fully saturated rings. The number of guanidine groups is 1. The van der Waals surface area contributed by atoms with E-state index in [0.717, 1.165) is 45.1 Å². The zero-order valence-electron chi connectivity index (χ0n) is 14.0. The lowest BCUT2D eigenvalue weighted by molar-refractivity contribution is -0.0625. The number of anilines is 2. The van der Waals surface area contributed by atoms with Crippen LogP contribution >= 0.6 is 0 Å². The Morgan fingerprint density at radius 2 is 1.96 bits per heavy atom. The molecule has 0 atom stereocenters. The first-order valence-electron chi connectivity index (χ1n) is 8.39. The van der Waals surface area contributed by atoms with E-state index in [9.17, 15) is 0 Å². The Bertz CT molecular complexity index is 594. The largest absolute Gasteiger partial charge is 0.378 e. The molecule has 0 bridgehead atoms. The average molecular weight is 327 g/mol. The quantitative estimate of drug-likeness (QED) is 0.680. The lowest BCUT2D eigenvalue weighted by atomic mass is 10.2. The molecule has 0 unspecified atom stereocenters. The summed E-state index contributed by atoms with van der Waals surface area (Å²) in [5.41, 5.74) is 2.19. The van der Waals surface area contributed by atoms with Crippen LogP contribution in [0.2, 0.25) is 0 Å². The Morgan fingerprint density at radius 3 is 2.58 bits per heavy atom. The SMILES string of the molecule is C=CN=C(N=C)Nc1ccc(N2CCCN(C3COC3)CC2)cc1. The number of ether oxygens (including phenoxy) is 1. The molecule has 1 aromatic carbocycles. The number of aliphatic imine (C=N–C) groups is 2. The van der Waals surface area contributed by atoms with E-state index in [4.69, 9.17) is 4.74 Å². The van der Waals surface area contributed by atoms with Gasteiger partial charge in [-0.2, -0.15) is 0 Å².